The van der Waals surface area contributed by atoms with Crippen molar-refractivity contribution >= 4 is 11.7 Å². The zero-order valence-electron chi connectivity index (χ0n) is 10.3. The smallest absolute Gasteiger partial charge is 0.354 e. The highest BCUT2D eigenvalue weighted by Gasteiger charge is 2.26. The van der Waals surface area contributed by atoms with Crippen LogP contribution in [-0.2, 0) is 0 Å². The van der Waals surface area contributed by atoms with Crippen molar-refractivity contribution in [2.24, 2.45) is 5.41 Å². The van der Waals surface area contributed by atoms with Crippen LogP contribution in [0.25, 0.3) is 0 Å². The van der Waals surface area contributed by atoms with E-state index in [1.807, 2.05) is 6.07 Å². The van der Waals surface area contributed by atoms with Crippen molar-refractivity contribution in [3.05, 3.63) is 24.0 Å². The lowest BCUT2D eigenvalue weighted by Gasteiger charge is -2.39. The number of hydrogen-bond acceptors (Lipinski definition) is 3. The largest absolute Gasteiger partial charge is 0.477 e. The zero-order valence-corrected chi connectivity index (χ0v) is 10.3. The van der Waals surface area contributed by atoms with Crippen molar-refractivity contribution in [1.82, 2.24) is 4.98 Å². The number of nitrogens with zero attached hydrogens (tertiary/aromatic N) is 2. The molecule has 0 spiro atoms. The summed E-state index contributed by atoms with van der Waals surface area (Å²) in [5, 5.41) is 8.79. The topological polar surface area (TPSA) is 53.4 Å². The number of anilines is 1. The van der Waals surface area contributed by atoms with Crippen molar-refractivity contribution in [3.8, 4) is 0 Å². The molecule has 0 aromatic carbocycles. The average molecular weight is 234 g/mol. The van der Waals surface area contributed by atoms with Gasteiger partial charge in [0.15, 0.2) is 0 Å². The lowest BCUT2D eigenvalue weighted by Crippen LogP contribution is -2.40. The molecule has 1 aliphatic heterocycles. The van der Waals surface area contributed by atoms with Gasteiger partial charge in [-0.1, -0.05) is 13.8 Å². The molecule has 1 aromatic rings. The predicted octanol–water partition coefficient (Wildman–Crippen LogP) is 2.41. The second-order valence-corrected chi connectivity index (χ2v) is 5.40. The summed E-state index contributed by atoms with van der Waals surface area (Å²) in [5.41, 5.74) is 1.44. The molecule has 92 valence electrons. The van der Waals surface area contributed by atoms with E-state index >= 15 is 0 Å². The van der Waals surface area contributed by atoms with Crippen LogP contribution in [-0.4, -0.2) is 29.1 Å². The van der Waals surface area contributed by atoms with Gasteiger partial charge in [0, 0.05) is 13.1 Å². The molecular weight excluding hydrogens is 216 g/mol. The zero-order chi connectivity index (χ0) is 12.5. The molecule has 1 saturated heterocycles. The molecule has 1 aliphatic rings. The highest BCUT2D eigenvalue weighted by atomic mass is 16.4. The predicted molar refractivity (Wildman–Crippen MR) is 66.4 cm³/mol. The van der Waals surface area contributed by atoms with E-state index in [4.69, 9.17) is 5.11 Å². The summed E-state index contributed by atoms with van der Waals surface area (Å²) in [6.07, 6.45) is 4.07. The van der Waals surface area contributed by atoms with Crippen LogP contribution in [0.3, 0.4) is 0 Å². The van der Waals surface area contributed by atoms with E-state index in [0.29, 0.717) is 5.41 Å². The number of piperidine rings is 1. The van der Waals surface area contributed by atoms with Gasteiger partial charge in [0.2, 0.25) is 0 Å². The molecule has 1 fully saturated rings. The van der Waals surface area contributed by atoms with Crippen LogP contribution >= 0.6 is 0 Å². The van der Waals surface area contributed by atoms with Crippen LogP contribution in [0.1, 0.15) is 37.2 Å². The summed E-state index contributed by atoms with van der Waals surface area (Å²) in [5.74, 6) is -0.976. The first kappa shape index (κ1) is 11.9. The van der Waals surface area contributed by atoms with Gasteiger partial charge in [-0.2, -0.15) is 0 Å². The van der Waals surface area contributed by atoms with Gasteiger partial charge in [0.1, 0.15) is 5.69 Å². The third kappa shape index (κ3) is 2.75. The molecule has 2 rings (SSSR count). The number of aromatic carboxylic acids is 1. The Kier molecular flexibility index (Phi) is 3.05. The van der Waals surface area contributed by atoms with E-state index < -0.39 is 5.97 Å². The highest BCUT2D eigenvalue weighted by molar-refractivity contribution is 5.85. The molecule has 2 heterocycles. The molecule has 0 unspecified atom stereocenters. The van der Waals surface area contributed by atoms with Gasteiger partial charge >= 0.3 is 5.97 Å². The second-order valence-electron chi connectivity index (χ2n) is 5.40. The first-order valence-corrected chi connectivity index (χ1v) is 5.92. The molecule has 4 heteroatoms. The molecule has 4 nitrogen and oxygen atoms in total. The number of carboxylic acid groups (broad SMARTS) is 1. The number of aromatic nitrogens is 1. The molecule has 0 bridgehead atoms. The van der Waals surface area contributed by atoms with Gasteiger partial charge in [0.05, 0.1) is 11.9 Å². The Morgan fingerprint density at radius 1 is 1.47 bits per heavy atom. The van der Waals surface area contributed by atoms with E-state index in [-0.39, 0.29) is 5.69 Å². The third-order valence-electron chi connectivity index (χ3n) is 3.23. The summed E-state index contributed by atoms with van der Waals surface area (Å²) in [6, 6.07) is 3.41. The quantitative estimate of drug-likeness (QED) is 0.853. The van der Waals surface area contributed by atoms with Crippen molar-refractivity contribution in [2.45, 2.75) is 26.7 Å². The monoisotopic (exact) mass is 234 g/mol. The number of pyridine rings is 1. The van der Waals surface area contributed by atoms with Crippen LogP contribution in [0.5, 0.6) is 0 Å². The molecule has 0 aliphatic carbocycles. The Morgan fingerprint density at radius 2 is 2.24 bits per heavy atom. The number of hydrogen-bond donors (Lipinski definition) is 1. The van der Waals surface area contributed by atoms with Crippen molar-refractivity contribution in [2.75, 3.05) is 18.0 Å². The number of carbonyl (C=O) groups is 1. The fraction of sp³-hybridized carbons (Fsp3) is 0.538. The van der Waals surface area contributed by atoms with Crippen molar-refractivity contribution in [1.29, 1.82) is 0 Å². The molecule has 1 N–H and O–H groups in total. The Bertz CT molecular complexity index is 412. The van der Waals surface area contributed by atoms with E-state index in [2.05, 4.69) is 23.7 Å². The van der Waals surface area contributed by atoms with E-state index in [9.17, 15) is 4.79 Å². The maximum atomic E-state index is 10.7. The molecule has 0 radical (unpaired) electrons. The first-order valence-electron chi connectivity index (χ1n) is 5.92. The van der Waals surface area contributed by atoms with E-state index in [0.717, 1.165) is 18.8 Å². The minimum absolute atomic E-state index is 0.102. The van der Waals surface area contributed by atoms with Gasteiger partial charge in [-0.3, -0.25) is 0 Å². The fourth-order valence-corrected chi connectivity index (χ4v) is 2.34. The minimum atomic E-state index is -0.976. The summed E-state index contributed by atoms with van der Waals surface area (Å²) in [4.78, 5) is 17.0. The van der Waals surface area contributed by atoms with Gasteiger partial charge < -0.3 is 10.0 Å². The Morgan fingerprint density at radius 3 is 2.76 bits per heavy atom. The average Bonchev–Trinajstić information content (AvgIpc) is 2.28. The molecular formula is C13H18N2O2. The van der Waals surface area contributed by atoms with E-state index in [1.54, 1.807) is 12.3 Å². The summed E-state index contributed by atoms with van der Waals surface area (Å²) in [7, 11) is 0. The molecule has 0 amide bonds. The molecule has 1 aromatic heterocycles. The number of carboxylic acids is 1. The van der Waals surface area contributed by atoms with Gasteiger partial charge in [-0.15, -0.1) is 0 Å². The van der Waals surface area contributed by atoms with Crippen LogP contribution in [0.2, 0.25) is 0 Å². The normalized spacial score (nSPS) is 19.1. The van der Waals surface area contributed by atoms with Gasteiger partial charge in [-0.25, -0.2) is 9.78 Å². The van der Waals surface area contributed by atoms with Crippen LogP contribution < -0.4 is 4.90 Å². The van der Waals surface area contributed by atoms with Crippen LogP contribution in [0.15, 0.2) is 18.3 Å². The molecule has 0 saturated carbocycles. The molecule has 17 heavy (non-hydrogen) atoms. The fourth-order valence-electron chi connectivity index (χ4n) is 2.34. The standard InChI is InChI=1S/C13H18N2O2/c1-13(2)6-3-7-15(9-13)10-4-5-11(12(16)17)14-8-10/h4-5,8H,3,6-7,9H2,1-2H3,(H,16,17). The summed E-state index contributed by atoms with van der Waals surface area (Å²) >= 11 is 0. The Labute approximate surface area is 101 Å². The van der Waals surface area contributed by atoms with Crippen molar-refractivity contribution in [3.63, 3.8) is 0 Å². The van der Waals surface area contributed by atoms with Crippen LogP contribution in [0, 0.1) is 5.41 Å². The van der Waals surface area contributed by atoms with Gasteiger partial charge in [-0.05, 0) is 30.4 Å². The lowest BCUT2D eigenvalue weighted by molar-refractivity contribution is 0.0690. The molecule has 0 atom stereocenters. The van der Waals surface area contributed by atoms with Crippen LogP contribution in [0.4, 0.5) is 5.69 Å². The van der Waals surface area contributed by atoms with Crippen molar-refractivity contribution < 1.29 is 9.90 Å². The van der Waals surface area contributed by atoms with Gasteiger partial charge in [0.25, 0.3) is 0 Å². The SMILES string of the molecule is CC1(C)CCCN(c2ccc(C(=O)O)nc2)C1. The summed E-state index contributed by atoms with van der Waals surface area (Å²) < 4.78 is 0. The Hall–Kier alpha value is -1.58. The Balaban J connectivity index is 2.14. The maximum absolute atomic E-state index is 10.7. The first-order chi connectivity index (χ1) is 7.98. The maximum Gasteiger partial charge on any atom is 0.354 e. The second kappa shape index (κ2) is 4.35. The summed E-state index contributed by atoms with van der Waals surface area (Å²) in [6.45, 7) is 6.55. The number of rotatable bonds is 2. The lowest BCUT2D eigenvalue weighted by atomic mass is 9.84. The highest BCUT2D eigenvalue weighted by Crippen LogP contribution is 2.31. The minimum Gasteiger partial charge on any atom is -0.477 e. The van der Waals surface area contributed by atoms with E-state index in [1.165, 1.54) is 12.8 Å². The third-order valence-corrected chi connectivity index (χ3v) is 3.23.